The molecule has 2 aliphatic rings. The van der Waals surface area contributed by atoms with E-state index in [0.29, 0.717) is 41.4 Å². The van der Waals surface area contributed by atoms with Crippen LogP contribution in [-0.4, -0.2) is 76.6 Å². The molecule has 2 aromatic heterocycles. The molecule has 39 heavy (non-hydrogen) atoms. The summed E-state index contributed by atoms with van der Waals surface area (Å²) in [5.41, 5.74) is 1.35. The fourth-order valence-corrected chi connectivity index (χ4v) is 4.41. The maximum absolute atomic E-state index is 13.6. The highest BCUT2D eigenvalue weighted by atomic mass is 19.1. The van der Waals surface area contributed by atoms with E-state index in [0.717, 1.165) is 19.4 Å². The van der Waals surface area contributed by atoms with Gasteiger partial charge in [-0.3, -0.25) is 4.79 Å². The molecule has 0 radical (unpaired) electrons. The number of rotatable bonds is 10. The SMILES string of the molecule is CC1(C(=O)NCC2CCCO2)COC(c2nc(-c3ccc(F)cc3)c(-c3ccnc(OCCCO)n3)[nH]2)OC1. The van der Waals surface area contributed by atoms with Crippen molar-refractivity contribution in [1.82, 2.24) is 25.3 Å². The van der Waals surface area contributed by atoms with E-state index in [4.69, 9.17) is 29.0 Å². The van der Waals surface area contributed by atoms with Gasteiger partial charge in [0, 0.05) is 37.9 Å². The molecular weight excluding hydrogens is 509 g/mol. The van der Waals surface area contributed by atoms with Crippen molar-refractivity contribution >= 4 is 5.91 Å². The Hall–Kier alpha value is -3.45. The van der Waals surface area contributed by atoms with Gasteiger partial charge in [-0.25, -0.2) is 14.4 Å². The monoisotopic (exact) mass is 541 g/mol. The van der Waals surface area contributed by atoms with Gasteiger partial charge in [0.25, 0.3) is 0 Å². The van der Waals surface area contributed by atoms with E-state index >= 15 is 0 Å². The van der Waals surface area contributed by atoms with E-state index in [9.17, 15) is 9.18 Å². The highest BCUT2D eigenvalue weighted by molar-refractivity contribution is 5.82. The third-order valence-electron chi connectivity index (χ3n) is 6.66. The van der Waals surface area contributed by atoms with Crippen LogP contribution in [0, 0.1) is 11.2 Å². The zero-order chi connectivity index (χ0) is 27.2. The van der Waals surface area contributed by atoms with Crippen molar-refractivity contribution in [3.63, 3.8) is 0 Å². The van der Waals surface area contributed by atoms with Crippen LogP contribution in [0.1, 0.15) is 38.3 Å². The minimum Gasteiger partial charge on any atom is -0.463 e. The number of hydrogen-bond donors (Lipinski definition) is 3. The second kappa shape index (κ2) is 12.2. The number of aliphatic hydroxyl groups excluding tert-OH is 1. The second-order valence-corrected chi connectivity index (χ2v) is 9.86. The quantitative estimate of drug-likeness (QED) is 0.331. The Morgan fingerprint density at radius 3 is 2.72 bits per heavy atom. The number of carbonyl (C=O) groups excluding carboxylic acids is 1. The predicted molar refractivity (Wildman–Crippen MR) is 137 cm³/mol. The van der Waals surface area contributed by atoms with E-state index in [2.05, 4.69) is 20.3 Å². The first-order chi connectivity index (χ1) is 18.9. The van der Waals surface area contributed by atoms with Gasteiger partial charge in [-0.05, 0) is 50.1 Å². The van der Waals surface area contributed by atoms with E-state index < -0.39 is 11.7 Å². The molecule has 2 fully saturated rings. The minimum atomic E-state index is -0.863. The van der Waals surface area contributed by atoms with Gasteiger partial charge in [-0.2, -0.15) is 4.98 Å². The fraction of sp³-hybridized carbons (Fsp3) is 0.481. The summed E-state index contributed by atoms with van der Waals surface area (Å²) < 4.78 is 36.7. The van der Waals surface area contributed by atoms with Crippen LogP contribution in [0.4, 0.5) is 4.39 Å². The summed E-state index contributed by atoms with van der Waals surface area (Å²) >= 11 is 0. The summed E-state index contributed by atoms with van der Waals surface area (Å²) in [5.74, 6) is -0.139. The molecule has 0 aliphatic carbocycles. The zero-order valence-electron chi connectivity index (χ0n) is 21.7. The van der Waals surface area contributed by atoms with Crippen LogP contribution in [0.2, 0.25) is 0 Å². The van der Waals surface area contributed by atoms with Crippen molar-refractivity contribution < 1.29 is 33.2 Å². The summed E-state index contributed by atoms with van der Waals surface area (Å²) in [5, 5.41) is 12.0. The maximum atomic E-state index is 13.6. The van der Waals surface area contributed by atoms with E-state index in [1.807, 2.05) is 0 Å². The first-order valence-electron chi connectivity index (χ1n) is 13.0. The molecule has 0 spiro atoms. The van der Waals surface area contributed by atoms with Crippen LogP contribution in [0.15, 0.2) is 36.5 Å². The van der Waals surface area contributed by atoms with Crippen LogP contribution in [-0.2, 0) is 19.0 Å². The number of aromatic amines is 1. The van der Waals surface area contributed by atoms with E-state index in [-0.39, 0.29) is 50.3 Å². The summed E-state index contributed by atoms with van der Waals surface area (Å²) in [7, 11) is 0. The molecule has 0 saturated carbocycles. The zero-order valence-corrected chi connectivity index (χ0v) is 21.7. The first-order valence-corrected chi connectivity index (χ1v) is 13.0. The van der Waals surface area contributed by atoms with Crippen molar-refractivity contribution in [3.05, 3.63) is 48.2 Å². The summed E-state index contributed by atoms with van der Waals surface area (Å²) in [6, 6.07) is 7.79. The number of ether oxygens (including phenoxy) is 4. The van der Waals surface area contributed by atoms with E-state index in [1.165, 1.54) is 12.1 Å². The van der Waals surface area contributed by atoms with Gasteiger partial charge in [0.1, 0.15) is 5.82 Å². The number of imidazole rings is 1. The third-order valence-corrected chi connectivity index (χ3v) is 6.66. The number of carbonyl (C=O) groups is 1. The van der Waals surface area contributed by atoms with Gasteiger partial charge in [0.05, 0.1) is 48.4 Å². The van der Waals surface area contributed by atoms with Crippen LogP contribution >= 0.6 is 0 Å². The fourth-order valence-electron chi connectivity index (χ4n) is 4.41. The maximum Gasteiger partial charge on any atom is 0.316 e. The average Bonchev–Trinajstić information content (AvgIpc) is 3.64. The van der Waals surface area contributed by atoms with Crippen molar-refractivity contribution in [1.29, 1.82) is 0 Å². The van der Waals surface area contributed by atoms with Crippen molar-refractivity contribution in [2.45, 2.75) is 38.6 Å². The Bertz CT molecular complexity index is 1260. The number of nitrogens with zero attached hydrogens (tertiary/aromatic N) is 3. The minimum absolute atomic E-state index is 0.00462. The highest BCUT2D eigenvalue weighted by Crippen LogP contribution is 2.35. The number of H-pyrrole nitrogens is 1. The summed E-state index contributed by atoms with van der Waals surface area (Å²) in [6.45, 7) is 3.51. The predicted octanol–water partition coefficient (Wildman–Crippen LogP) is 2.78. The second-order valence-electron chi connectivity index (χ2n) is 9.86. The standard InChI is InChI=1S/C27H32FN5O6/c1-27(25(35)30-14-19-4-2-12-36-19)15-38-24(39-16-27)23-32-21(17-5-7-18(28)8-6-17)22(33-23)20-9-10-29-26(31-20)37-13-3-11-34/h5-10,19,24,34H,2-4,11-16H2,1H3,(H,30,35)(H,32,33). The molecule has 3 aromatic rings. The molecule has 12 heteroatoms. The number of aromatic nitrogens is 4. The number of hydrogen-bond acceptors (Lipinski definition) is 9. The molecule has 1 atom stereocenters. The Kier molecular flexibility index (Phi) is 8.46. The van der Waals surface area contributed by atoms with Crippen molar-refractivity contribution in [2.75, 3.05) is 39.6 Å². The molecule has 0 bridgehead atoms. The molecule has 4 heterocycles. The first kappa shape index (κ1) is 27.1. The number of halogens is 1. The Balaban J connectivity index is 1.34. The molecule has 2 aliphatic heterocycles. The number of nitrogens with one attached hydrogen (secondary N) is 2. The highest BCUT2D eigenvalue weighted by Gasteiger charge is 2.41. The summed E-state index contributed by atoms with van der Waals surface area (Å²) in [4.78, 5) is 29.4. The van der Waals surface area contributed by atoms with Crippen LogP contribution < -0.4 is 10.1 Å². The van der Waals surface area contributed by atoms with Gasteiger partial charge >= 0.3 is 6.01 Å². The normalized spacial score (nSPS) is 23.1. The van der Waals surface area contributed by atoms with Gasteiger partial charge in [0.15, 0.2) is 5.82 Å². The average molecular weight is 542 g/mol. The summed E-state index contributed by atoms with van der Waals surface area (Å²) in [6.07, 6.45) is 3.14. The van der Waals surface area contributed by atoms with Crippen LogP contribution in [0.5, 0.6) is 6.01 Å². The lowest BCUT2D eigenvalue weighted by molar-refractivity contribution is -0.231. The number of aliphatic hydroxyl groups is 1. The molecule has 3 N–H and O–H groups in total. The van der Waals surface area contributed by atoms with Crippen LogP contribution in [0.25, 0.3) is 22.6 Å². The molecule has 5 rings (SSSR count). The molecule has 1 aromatic carbocycles. The molecule has 2 saturated heterocycles. The van der Waals surface area contributed by atoms with Gasteiger partial charge in [0.2, 0.25) is 12.2 Å². The lowest BCUT2D eigenvalue weighted by Gasteiger charge is -2.35. The molecule has 1 unspecified atom stereocenters. The topological polar surface area (TPSA) is 141 Å². The Morgan fingerprint density at radius 1 is 1.21 bits per heavy atom. The molecule has 11 nitrogen and oxygen atoms in total. The smallest absolute Gasteiger partial charge is 0.316 e. The van der Waals surface area contributed by atoms with Crippen molar-refractivity contribution in [2.24, 2.45) is 5.41 Å². The Labute approximate surface area is 225 Å². The molecule has 1 amide bonds. The van der Waals surface area contributed by atoms with Crippen LogP contribution in [0.3, 0.4) is 0 Å². The third kappa shape index (κ3) is 6.41. The number of benzene rings is 1. The van der Waals surface area contributed by atoms with Gasteiger partial charge in [-0.15, -0.1) is 0 Å². The molecule has 208 valence electrons. The lowest BCUT2D eigenvalue weighted by Crippen LogP contribution is -2.49. The molecular formula is C27H32FN5O6. The largest absolute Gasteiger partial charge is 0.463 e. The van der Waals surface area contributed by atoms with Gasteiger partial charge < -0.3 is 34.4 Å². The number of amides is 1. The van der Waals surface area contributed by atoms with Crippen molar-refractivity contribution in [3.8, 4) is 28.7 Å². The Morgan fingerprint density at radius 2 is 2.00 bits per heavy atom. The van der Waals surface area contributed by atoms with Gasteiger partial charge in [-0.1, -0.05) is 0 Å². The van der Waals surface area contributed by atoms with E-state index in [1.54, 1.807) is 31.3 Å². The lowest BCUT2D eigenvalue weighted by atomic mass is 9.91.